The molecule has 0 bridgehead atoms. The van der Waals surface area contributed by atoms with Crippen LogP contribution in [0.3, 0.4) is 0 Å². The molecule has 0 aliphatic carbocycles. The second-order valence-electron chi connectivity index (χ2n) is 8.38. The molecule has 0 atom stereocenters. The first-order valence-electron chi connectivity index (χ1n) is 11.5. The van der Waals surface area contributed by atoms with Crippen molar-refractivity contribution in [2.24, 2.45) is 0 Å². The van der Waals surface area contributed by atoms with Gasteiger partial charge < -0.3 is 9.47 Å². The molecule has 166 valence electrons. The highest BCUT2D eigenvalue weighted by molar-refractivity contribution is 6.24. The molecule has 4 nitrogen and oxygen atoms in total. The molecule has 0 amide bonds. The molecule has 0 saturated carbocycles. The van der Waals surface area contributed by atoms with Crippen molar-refractivity contribution in [1.82, 2.24) is 9.97 Å². The second kappa shape index (κ2) is 8.70. The molecule has 4 aromatic carbocycles. The molecule has 0 radical (unpaired) electrons. The van der Waals surface area contributed by atoms with E-state index in [1.165, 1.54) is 5.56 Å². The fraction of sp³-hybridized carbons (Fsp3) is 0.241. The molecule has 0 aliphatic rings. The molecule has 0 spiro atoms. The van der Waals surface area contributed by atoms with E-state index in [4.69, 9.17) is 19.4 Å². The molecular weight excluding hydrogens is 408 g/mol. The third-order valence-corrected chi connectivity index (χ3v) is 6.65. The van der Waals surface area contributed by atoms with Gasteiger partial charge in [-0.15, -0.1) is 0 Å². The Bertz CT molecular complexity index is 1460. The molecular formula is C29H28N2O2. The predicted octanol–water partition coefficient (Wildman–Crippen LogP) is 7.52. The van der Waals surface area contributed by atoms with E-state index in [1.807, 2.05) is 30.5 Å². The lowest BCUT2D eigenvalue weighted by Gasteiger charge is -2.20. The van der Waals surface area contributed by atoms with Crippen LogP contribution in [0.2, 0.25) is 0 Å². The van der Waals surface area contributed by atoms with Gasteiger partial charge in [-0.3, -0.25) is 4.98 Å². The maximum atomic E-state index is 5.73. The van der Waals surface area contributed by atoms with Crippen LogP contribution in [0.15, 0.2) is 66.9 Å². The minimum Gasteiger partial charge on any atom is -0.497 e. The fourth-order valence-corrected chi connectivity index (χ4v) is 4.87. The monoisotopic (exact) mass is 436 g/mol. The highest BCUT2D eigenvalue weighted by atomic mass is 16.5. The number of rotatable bonds is 6. The second-order valence-corrected chi connectivity index (χ2v) is 8.38. The zero-order chi connectivity index (χ0) is 22.9. The summed E-state index contributed by atoms with van der Waals surface area (Å²) in [6, 6.07) is 20.7. The lowest BCUT2D eigenvalue weighted by atomic mass is 9.87. The average molecular weight is 437 g/mol. The SMILES string of the molecule is CCC(CC)c1cc(OC)cc2c3cc(OC)ccc3c3nc(-c4ccccc4)cnc3c12. The quantitative estimate of drug-likeness (QED) is 0.258. The van der Waals surface area contributed by atoms with E-state index < -0.39 is 0 Å². The van der Waals surface area contributed by atoms with Gasteiger partial charge in [0, 0.05) is 16.3 Å². The minimum atomic E-state index is 0.407. The number of aromatic nitrogens is 2. The predicted molar refractivity (Wildman–Crippen MR) is 136 cm³/mol. The van der Waals surface area contributed by atoms with Crippen LogP contribution in [0.1, 0.15) is 38.2 Å². The maximum absolute atomic E-state index is 5.73. The molecule has 4 heteroatoms. The molecule has 0 aliphatic heterocycles. The molecule has 0 saturated heterocycles. The van der Waals surface area contributed by atoms with Crippen LogP contribution in [0.25, 0.3) is 43.8 Å². The van der Waals surface area contributed by atoms with Crippen molar-refractivity contribution in [2.45, 2.75) is 32.6 Å². The standard InChI is InChI=1S/C29H28N2O2/c1-5-18(6-2)23-15-21(33-4)16-25-24-14-20(32-3)12-13-22(24)28-29(27(23)25)30-17-26(31-28)19-10-8-7-9-11-19/h7-18H,5-6H2,1-4H3. The molecule has 5 rings (SSSR count). The van der Waals surface area contributed by atoms with Crippen LogP contribution in [0, 0.1) is 0 Å². The number of hydrogen-bond acceptors (Lipinski definition) is 4. The smallest absolute Gasteiger partial charge is 0.119 e. The Hall–Kier alpha value is -3.66. The Morgan fingerprint density at radius 3 is 2.18 bits per heavy atom. The van der Waals surface area contributed by atoms with E-state index in [0.29, 0.717) is 5.92 Å². The van der Waals surface area contributed by atoms with Crippen molar-refractivity contribution < 1.29 is 9.47 Å². The third-order valence-electron chi connectivity index (χ3n) is 6.65. The van der Waals surface area contributed by atoms with Gasteiger partial charge in [-0.1, -0.05) is 44.2 Å². The zero-order valence-corrected chi connectivity index (χ0v) is 19.6. The van der Waals surface area contributed by atoms with Crippen molar-refractivity contribution in [2.75, 3.05) is 14.2 Å². The number of benzene rings is 4. The summed E-state index contributed by atoms with van der Waals surface area (Å²) < 4.78 is 11.3. The Labute approximate surface area is 194 Å². The molecule has 0 N–H and O–H groups in total. The van der Waals surface area contributed by atoms with Crippen molar-refractivity contribution in [1.29, 1.82) is 0 Å². The van der Waals surface area contributed by atoms with E-state index in [1.54, 1.807) is 14.2 Å². The van der Waals surface area contributed by atoms with E-state index >= 15 is 0 Å². The van der Waals surface area contributed by atoms with Crippen LogP contribution >= 0.6 is 0 Å². The van der Waals surface area contributed by atoms with E-state index in [-0.39, 0.29) is 0 Å². The Morgan fingerprint density at radius 2 is 1.48 bits per heavy atom. The van der Waals surface area contributed by atoms with Gasteiger partial charge in [-0.2, -0.15) is 0 Å². The van der Waals surface area contributed by atoms with E-state index in [9.17, 15) is 0 Å². The molecule has 33 heavy (non-hydrogen) atoms. The number of nitrogens with zero attached hydrogens (tertiary/aromatic N) is 2. The van der Waals surface area contributed by atoms with Gasteiger partial charge in [0.15, 0.2) is 0 Å². The first-order valence-corrected chi connectivity index (χ1v) is 11.5. The number of methoxy groups -OCH3 is 2. The summed E-state index contributed by atoms with van der Waals surface area (Å²) in [5, 5.41) is 4.45. The Balaban J connectivity index is 1.98. The lowest BCUT2D eigenvalue weighted by Crippen LogP contribution is -2.01. The molecule has 0 fully saturated rings. The summed E-state index contributed by atoms with van der Waals surface area (Å²) >= 11 is 0. The van der Waals surface area contributed by atoms with Crippen molar-refractivity contribution >= 4 is 32.6 Å². The number of ether oxygens (including phenoxy) is 2. The summed E-state index contributed by atoms with van der Waals surface area (Å²) in [5.41, 5.74) is 5.05. The van der Waals surface area contributed by atoms with Crippen LogP contribution in [-0.4, -0.2) is 24.2 Å². The first-order chi connectivity index (χ1) is 16.2. The molecule has 5 aromatic rings. The van der Waals surface area contributed by atoms with Gasteiger partial charge in [0.25, 0.3) is 0 Å². The van der Waals surface area contributed by atoms with Crippen molar-refractivity contribution in [3.63, 3.8) is 0 Å². The molecule has 0 unspecified atom stereocenters. The lowest BCUT2D eigenvalue weighted by molar-refractivity contribution is 0.414. The maximum Gasteiger partial charge on any atom is 0.119 e. The van der Waals surface area contributed by atoms with Gasteiger partial charge in [0.05, 0.1) is 37.1 Å². The topological polar surface area (TPSA) is 44.2 Å². The average Bonchev–Trinajstić information content (AvgIpc) is 2.89. The largest absolute Gasteiger partial charge is 0.497 e. The van der Waals surface area contributed by atoms with Crippen LogP contribution < -0.4 is 9.47 Å². The number of fused-ring (bicyclic) bond motifs is 6. The first kappa shape index (κ1) is 21.2. The highest BCUT2D eigenvalue weighted by Crippen LogP contribution is 2.42. The van der Waals surface area contributed by atoms with Gasteiger partial charge in [-0.25, -0.2) is 4.98 Å². The molecule has 1 aromatic heterocycles. The normalized spacial score (nSPS) is 11.5. The van der Waals surface area contributed by atoms with Gasteiger partial charge >= 0.3 is 0 Å². The Morgan fingerprint density at radius 1 is 0.758 bits per heavy atom. The summed E-state index contributed by atoms with van der Waals surface area (Å²) in [7, 11) is 3.43. The van der Waals surface area contributed by atoms with E-state index in [2.05, 4.69) is 50.2 Å². The van der Waals surface area contributed by atoms with Crippen molar-refractivity contribution in [3.05, 3.63) is 72.4 Å². The summed E-state index contributed by atoms with van der Waals surface area (Å²) in [6.07, 6.45) is 3.99. The fourth-order valence-electron chi connectivity index (χ4n) is 4.87. The third kappa shape index (κ3) is 3.56. The zero-order valence-electron chi connectivity index (χ0n) is 19.6. The van der Waals surface area contributed by atoms with Crippen LogP contribution in [0.5, 0.6) is 11.5 Å². The highest BCUT2D eigenvalue weighted by Gasteiger charge is 2.20. The van der Waals surface area contributed by atoms with Gasteiger partial charge in [0.2, 0.25) is 0 Å². The minimum absolute atomic E-state index is 0.407. The van der Waals surface area contributed by atoms with Crippen molar-refractivity contribution in [3.8, 4) is 22.8 Å². The molecule has 1 heterocycles. The van der Waals surface area contributed by atoms with E-state index in [0.717, 1.165) is 68.2 Å². The van der Waals surface area contributed by atoms with Crippen LogP contribution in [-0.2, 0) is 0 Å². The van der Waals surface area contributed by atoms with Crippen LogP contribution in [0.4, 0.5) is 0 Å². The van der Waals surface area contributed by atoms with Gasteiger partial charge in [-0.05, 0) is 65.4 Å². The van der Waals surface area contributed by atoms with Gasteiger partial charge in [0.1, 0.15) is 11.5 Å². The number of hydrogen-bond donors (Lipinski definition) is 0. The Kier molecular flexibility index (Phi) is 5.59. The summed E-state index contributed by atoms with van der Waals surface area (Å²) in [5.74, 6) is 2.09. The summed E-state index contributed by atoms with van der Waals surface area (Å²) in [6.45, 7) is 4.48. The summed E-state index contributed by atoms with van der Waals surface area (Å²) in [4.78, 5) is 10.2.